The first-order valence-corrected chi connectivity index (χ1v) is 11.5. The van der Waals surface area contributed by atoms with Crippen molar-refractivity contribution >= 4 is 32.7 Å². The van der Waals surface area contributed by atoms with Crippen LogP contribution in [0.5, 0.6) is 0 Å². The molecular formula is C24H27BrN4O2. The van der Waals surface area contributed by atoms with E-state index in [0.29, 0.717) is 23.9 Å². The lowest BCUT2D eigenvalue weighted by atomic mass is 10.1. The number of carbonyl (C=O) groups excluding carboxylic acids is 1. The van der Waals surface area contributed by atoms with Crippen LogP contribution in [0.3, 0.4) is 0 Å². The largest absolute Gasteiger partial charge is 0.341 e. The van der Waals surface area contributed by atoms with E-state index in [9.17, 15) is 9.59 Å². The molecule has 1 aliphatic rings. The molecule has 1 fully saturated rings. The second-order valence-electron chi connectivity index (χ2n) is 8.15. The maximum absolute atomic E-state index is 12.8. The maximum atomic E-state index is 12.8. The van der Waals surface area contributed by atoms with Gasteiger partial charge in [0, 0.05) is 50.2 Å². The zero-order valence-electron chi connectivity index (χ0n) is 17.8. The van der Waals surface area contributed by atoms with Gasteiger partial charge in [-0.25, -0.2) is 4.98 Å². The van der Waals surface area contributed by atoms with Crippen LogP contribution < -0.4 is 5.56 Å². The molecule has 2 heterocycles. The third-order valence-corrected chi connectivity index (χ3v) is 6.31. The van der Waals surface area contributed by atoms with Crippen LogP contribution in [0.2, 0.25) is 0 Å². The molecule has 0 unspecified atom stereocenters. The molecule has 0 saturated carbocycles. The maximum Gasteiger partial charge on any atom is 0.261 e. The van der Waals surface area contributed by atoms with Gasteiger partial charge in [0.2, 0.25) is 5.91 Å². The van der Waals surface area contributed by atoms with E-state index < -0.39 is 0 Å². The Kier molecular flexibility index (Phi) is 6.83. The zero-order valence-corrected chi connectivity index (χ0v) is 19.3. The van der Waals surface area contributed by atoms with Crippen molar-refractivity contribution in [1.82, 2.24) is 19.4 Å². The van der Waals surface area contributed by atoms with Gasteiger partial charge >= 0.3 is 0 Å². The Hall–Kier alpha value is -2.51. The molecule has 3 aromatic rings. The molecule has 0 aliphatic carbocycles. The SMILES string of the molecule is Cc1ccc(CN2CCCN(C(=O)CCn3cnc4ccc(Br)cc4c3=O)CC2)cc1. The molecule has 1 amide bonds. The minimum atomic E-state index is -0.112. The van der Waals surface area contributed by atoms with Gasteiger partial charge in [0.1, 0.15) is 0 Å². The number of nitrogens with zero attached hydrogens (tertiary/aromatic N) is 4. The quantitative estimate of drug-likeness (QED) is 0.557. The third-order valence-electron chi connectivity index (χ3n) is 5.82. The number of hydrogen-bond acceptors (Lipinski definition) is 4. The summed E-state index contributed by atoms with van der Waals surface area (Å²) in [6.45, 7) is 6.70. The smallest absolute Gasteiger partial charge is 0.261 e. The molecule has 0 N–H and O–H groups in total. The molecule has 31 heavy (non-hydrogen) atoms. The lowest BCUT2D eigenvalue weighted by molar-refractivity contribution is -0.131. The summed E-state index contributed by atoms with van der Waals surface area (Å²) in [4.78, 5) is 34.3. The van der Waals surface area contributed by atoms with Crippen LogP contribution in [0.1, 0.15) is 24.0 Å². The first-order valence-electron chi connectivity index (χ1n) is 10.7. The minimum Gasteiger partial charge on any atom is -0.341 e. The fraction of sp³-hybridized carbons (Fsp3) is 0.375. The van der Waals surface area contributed by atoms with Crippen LogP contribution in [-0.4, -0.2) is 51.4 Å². The summed E-state index contributed by atoms with van der Waals surface area (Å²) in [6.07, 6.45) is 2.81. The number of aryl methyl sites for hydroxylation is 2. The number of fused-ring (bicyclic) bond motifs is 1. The third kappa shape index (κ3) is 5.40. The number of hydrogen-bond donors (Lipinski definition) is 0. The van der Waals surface area contributed by atoms with Gasteiger partial charge in [0.05, 0.1) is 17.2 Å². The van der Waals surface area contributed by atoms with Crippen LogP contribution in [0.25, 0.3) is 10.9 Å². The highest BCUT2D eigenvalue weighted by molar-refractivity contribution is 9.10. The molecule has 2 aromatic carbocycles. The van der Waals surface area contributed by atoms with Crippen molar-refractivity contribution in [2.24, 2.45) is 0 Å². The molecule has 0 atom stereocenters. The average Bonchev–Trinajstić information content (AvgIpc) is 3.01. The van der Waals surface area contributed by atoms with Gasteiger partial charge in [-0.1, -0.05) is 45.8 Å². The van der Waals surface area contributed by atoms with Crippen molar-refractivity contribution < 1.29 is 4.79 Å². The Balaban J connectivity index is 1.34. The first-order chi connectivity index (χ1) is 15.0. The second-order valence-corrected chi connectivity index (χ2v) is 9.07. The molecule has 0 radical (unpaired) electrons. The predicted octanol–water partition coefficient (Wildman–Crippen LogP) is 3.59. The van der Waals surface area contributed by atoms with E-state index in [0.717, 1.165) is 43.6 Å². The average molecular weight is 483 g/mol. The van der Waals surface area contributed by atoms with Gasteiger partial charge in [0.25, 0.3) is 5.56 Å². The Morgan fingerprint density at radius 2 is 1.87 bits per heavy atom. The fourth-order valence-electron chi connectivity index (χ4n) is 3.99. The molecule has 1 aliphatic heterocycles. The van der Waals surface area contributed by atoms with Gasteiger partial charge in [-0.3, -0.25) is 19.1 Å². The van der Waals surface area contributed by atoms with Crippen molar-refractivity contribution in [3.8, 4) is 0 Å². The van der Waals surface area contributed by atoms with Crippen molar-refractivity contribution in [2.75, 3.05) is 26.2 Å². The topological polar surface area (TPSA) is 58.4 Å². The molecular weight excluding hydrogens is 456 g/mol. The van der Waals surface area contributed by atoms with Crippen molar-refractivity contribution in [3.05, 3.63) is 74.7 Å². The Bertz CT molecular complexity index is 1130. The summed E-state index contributed by atoms with van der Waals surface area (Å²) < 4.78 is 2.38. The summed E-state index contributed by atoms with van der Waals surface area (Å²) in [5, 5.41) is 0.561. The number of carbonyl (C=O) groups is 1. The van der Waals surface area contributed by atoms with Gasteiger partial charge in [-0.05, 0) is 37.1 Å². The predicted molar refractivity (Wildman–Crippen MR) is 126 cm³/mol. The van der Waals surface area contributed by atoms with E-state index in [1.54, 1.807) is 6.07 Å². The monoisotopic (exact) mass is 482 g/mol. The van der Waals surface area contributed by atoms with E-state index in [-0.39, 0.29) is 11.5 Å². The van der Waals surface area contributed by atoms with E-state index in [1.165, 1.54) is 22.0 Å². The van der Waals surface area contributed by atoms with E-state index in [4.69, 9.17) is 0 Å². The van der Waals surface area contributed by atoms with Gasteiger partial charge in [-0.15, -0.1) is 0 Å². The Labute approximate surface area is 190 Å². The van der Waals surface area contributed by atoms with Crippen LogP contribution >= 0.6 is 15.9 Å². The van der Waals surface area contributed by atoms with Gasteiger partial charge in [-0.2, -0.15) is 0 Å². The number of amides is 1. The van der Waals surface area contributed by atoms with E-state index >= 15 is 0 Å². The lowest BCUT2D eigenvalue weighted by Crippen LogP contribution is -2.36. The van der Waals surface area contributed by atoms with Crippen LogP contribution in [0.4, 0.5) is 0 Å². The summed E-state index contributed by atoms with van der Waals surface area (Å²) >= 11 is 3.40. The number of rotatable bonds is 5. The second kappa shape index (κ2) is 9.75. The standard InChI is InChI=1S/C24H27BrN4O2/c1-18-3-5-19(6-4-18)16-27-10-2-11-28(14-13-27)23(30)9-12-29-17-26-22-8-7-20(25)15-21(22)24(29)31/h3-8,15,17H,2,9-14,16H2,1H3. The van der Waals surface area contributed by atoms with Crippen molar-refractivity contribution in [3.63, 3.8) is 0 Å². The Morgan fingerprint density at radius 1 is 1.06 bits per heavy atom. The minimum absolute atomic E-state index is 0.0958. The molecule has 0 bridgehead atoms. The fourth-order valence-corrected chi connectivity index (χ4v) is 4.36. The zero-order chi connectivity index (χ0) is 21.8. The normalized spacial score (nSPS) is 15.2. The summed E-state index contributed by atoms with van der Waals surface area (Å²) in [5.74, 6) is 0.0958. The van der Waals surface area contributed by atoms with Crippen LogP contribution in [0, 0.1) is 6.92 Å². The van der Waals surface area contributed by atoms with Crippen molar-refractivity contribution in [2.45, 2.75) is 32.9 Å². The van der Waals surface area contributed by atoms with E-state index in [1.807, 2.05) is 17.0 Å². The summed E-state index contributed by atoms with van der Waals surface area (Å²) in [5.41, 5.74) is 3.13. The Morgan fingerprint density at radius 3 is 2.68 bits per heavy atom. The first kappa shape index (κ1) is 21.7. The van der Waals surface area contributed by atoms with Crippen LogP contribution in [-0.2, 0) is 17.9 Å². The number of halogens is 1. The molecule has 6 nitrogen and oxygen atoms in total. The highest BCUT2D eigenvalue weighted by Crippen LogP contribution is 2.15. The molecule has 1 aromatic heterocycles. The van der Waals surface area contributed by atoms with Gasteiger partial charge in [0.15, 0.2) is 0 Å². The van der Waals surface area contributed by atoms with Crippen molar-refractivity contribution in [1.29, 1.82) is 0 Å². The molecule has 162 valence electrons. The molecule has 7 heteroatoms. The summed E-state index contributed by atoms with van der Waals surface area (Å²) in [7, 11) is 0. The molecule has 4 rings (SSSR count). The molecule has 1 saturated heterocycles. The van der Waals surface area contributed by atoms with Gasteiger partial charge < -0.3 is 4.90 Å². The molecule has 0 spiro atoms. The van der Waals surface area contributed by atoms with E-state index in [2.05, 4.69) is 57.0 Å². The lowest BCUT2D eigenvalue weighted by Gasteiger charge is -2.22. The van der Waals surface area contributed by atoms with Crippen LogP contribution in [0.15, 0.2) is 58.1 Å². The number of aromatic nitrogens is 2. The summed E-state index contributed by atoms with van der Waals surface area (Å²) in [6, 6.07) is 14.1. The highest BCUT2D eigenvalue weighted by Gasteiger charge is 2.19. The number of benzene rings is 2. The highest BCUT2D eigenvalue weighted by atomic mass is 79.9.